The number of hydrogen-bond acceptors (Lipinski definition) is 7. The van der Waals surface area contributed by atoms with E-state index >= 15 is 0 Å². The van der Waals surface area contributed by atoms with Gasteiger partial charge in [0.2, 0.25) is 0 Å². The van der Waals surface area contributed by atoms with Gasteiger partial charge in [-0.2, -0.15) is 0 Å². The number of aryl methyl sites for hydroxylation is 2. The molecule has 0 spiro atoms. The molecule has 4 aromatic heterocycles. The lowest BCUT2D eigenvalue weighted by molar-refractivity contribution is 0.889. The van der Waals surface area contributed by atoms with E-state index in [2.05, 4.69) is 32.9 Å². The monoisotopic (exact) mass is 492 g/mol. The first-order valence-corrected chi connectivity index (χ1v) is 12.4. The van der Waals surface area contributed by atoms with Gasteiger partial charge in [-0.05, 0) is 59.7 Å². The van der Waals surface area contributed by atoms with Crippen molar-refractivity contribution in [3.63, 3.8) is 0 Å². The summed E-state index contributed by atoms with van der Waals surface area (Å²) in [6, 6.07) is 20.0. The van der Waals surface area contributed by atoms with Crippen LogP contribution in [0.2, 0.25) is 0 Å². The zero-order valence-electron chi connectivity index (χ0n) is 19.9. The molecule has 2 N–H and O–H groups in total. The summed E-state index contributed by atoms with van der Waals surface area (Å²) in [5, 5.41) is 1.73. The topological polar surface area (TPSA) is 99.6 Å². The Labute approximate surface area is 212 Å². The summed E-state index contributed by atoms with van der Waals surface area (Å²) in [4.78, 5) is 30.3. The van der Waals surface area contributed by atoms with Crippen LogP contribution in [-0.2, 0) is 6.42 Å². The Hall–Kier alpha value is -4.43. The molecular formula is C28H24N6OS. The average Bonchev–Trinajstić information content (AvgIpc) is 3.40. The van der Waals surface area contributed by atoms with Crippen LogP contribution >= 0.6 is 11.3 Å². The summed E-state index contributed by atoms with van der Waals surface area (Å²) in [5.41, 5.74) is 12.9. The van der Waals surface area contributed by atoms with E-state index in [1.807, 2.05) is 72.3 Å². The number of thiazole rings is 1. The van der Waals surface area contributed by atoms with Crippen molar-refractivity contribution in [3.8, 4) is 16.8 Å². The summed E-state index contributed by atoms with van der Waals surface area (Å²) in [7, 11) is 0. The van der Waals surface area contributed by atoms with E-state index in [1.165, 1.54) is 17.7 Å². The SMILES string of the molecule is CCc1cc2cccc(-c3ccncc3C)c2c(=O)n1-c1ccccc1.Nc1ncnc2scnc12. The van der Waals surface area contributed by atoms with Crippen molar-refractivity contribution >= 4 is 38.3 Å². The van der Waals surface area contributed by atoms with E-state index in [9.17, 15) is 4.79 Å². The van der Waals surface area contributed by atoms with Crippen molar-refractivity contribution in [1.29, 1.82) is 0 Å². The molecule has 0 atom stereocenters. The molecular weight excluding hydrogens is 468 g/mol. The van der Waals surface area contributed by atoms with Crippen molar-refractivity contribution in [1.82, 2.24) is 24.5 Å². The van der Waals surface area contributed by atoms with Crippen LogP contribution in [0.4, 0.5) is 5.82 Å². The first-order chi connectivity index (χ1) is 17.6. The van der Waals surface area contributed by atoms with Gasteiger partial charge in [0.1, 0.15) is 16.7 Å². The average molecular weight is 493 g/mol. The molecule has 0 amide bonds. The normalized spacial score (nSPS) is 10.8. The second-order valence-corrected chi connectivity index (χ2v) is 9.02. The Morgan fingerprint density at radius 1 is 0.972 bits per heavy atom. The molecule has 2 aromatic carbocycles. The molecule has 6 rings (SSSR count). The minimum Gasteiger partial charge on any atom is -0.382 e. The number of para-hydroxylation sites is 1. The Morgan fingerprint density at radius 3 is 2.56 bits per heavy atom. The van der Waals surface area contributed by atoms with Crippen LogP contribution in [0.3, 0.4) is 0 Å². The number of benzene rings is 2. The molecule has 0 fully saturated rings. The number of anilines is 1. The molecule has 4 heterocycles. The zero-order chi connectivity index (χ0) is 25.1. The van der Waals surface area contributed by atoms with Crippen LogP contribution < -0.4 is 11.3 Å². The minimum absolute atomic E-state index is 0.0253. The maximum absolute atomic E-state index is 13.6. The molecule has 36 heavy (non-hydrogen) atoms. The maximum atomic E-state index is 13.6. The van der Waals surface area contributed by atoms with E-state index in [0.29, 0.717) is 11.3 Å². The maximum Gasteiger partial charge on any atom is 0.263 e. The molecule has 0 saturated heterocycles. The van der Waals surface area contributed by atoms with E-state index < -0.39 is 0 Å². The van der Waals surface area contributed by atoms with Crippen molar-refractivity contribution < 1.29 is 0 Å². The first-order valence-electron chi connectivity index (χ1n) is 11.5. The molecule has 0 unspecified atom stereocenters. The molecule has 0 bridgehead atoms. The number of nitrogens with zero attached hydrogens (tertiary/aromatic N) is 5. The van der Waals surface area contributed by atoms with E-state index in [-0.39, 0.29) is 5.56 Å². The number of hydrogen-bond donors (Lipinski definition) is 1. The number of fused-ring (bicyclic) bond motifs is 2. The van der Waals surface area contributed by atoms with Gasteiger partial charge in [0.05, 0.1) is 10.9 Å². The van der Waals surface area contributed by atoms with E-state index in [4.69, 9.17) is 5.73 Å². The molecule has 0 radical (unpaired) electrons. The number of nitrogens with two attached hydrogens (primary N) is 1. The smallest absolute Gasteiger partial charge is 0.263 e. The fraction of sp³-hybridized carbons (Fsp3) is 0.107. The minimum atomic E-state index is 0.0253. The van der Waals surface area contributed by atoms with Crippen LogP contribution in [0.1, 0.15) is 18.2 Å². The standard InChI is InChI=1S/C23H20N2O.C5H4N4S/c1-3-18-14-17-8-7-11-21(20-12-13-24-15-16(20)2)22(17)23(26)25(18)19-9-5-4-6-10-19;6-4-3-5(8-1-7-4)10-2-9-3/h4-15H,3H2,1-2H3;1-2H,(H2,6,7,8). The van der Waals surface area contributed by atoms with Gasteiger partial charge in [-0.15, -0.1) is 11.3 Å². The van der Waals surface area contributed by atoms with E-state index in [1.54, 1.807) is 11.7 Å². The van der Waals surface area contributed by atoms with Gasteiger partial charge in [0.25, 0.3) is 5.56 Å². The van der Waals surface area contributed by atoms with Crippen molar-refractivity contribution in [2.75, 3.05) is 5.73 Å². The highest BCUT2D eigenvalue weighted by Gasteiger charge is 2.15. The highest BCUT2D eigenvalue weighted by atomic mass is 32.1. The van der Waals surface area contributed by atoms with Crippen LogP contribution in [-0.4, -0.2) is 24.5 Å². The van der Waals surface area contributed by atoms with Gasteiger partial charge in [0.15, 0.2) is 5.82 Å². The van der Waals surface area contributed by atoms with Crippen LogP contribution in [0, 0.1) is 6.92 Å². The zero-order valence-corrected chi connectivity index (χ0v) is 20.7. The fourth-order valence-electron chi connectivity index (χ4n) is 4.25. The van der Waals surface area contributed by atoms with Gasteiger partial charge < -0.3 is 5.73 Å². The van der Waals surface area contributed by atoms with Crippen molar-refractivity contribution in [2.45, 2.75) is 20.3 Å². The predicted molar refractivity (Wildman–Crippen MR) is 147 cm³/mol. The fourth-order valence-corrected chi connectivity index (χ4v) is 4.88. The number of pyridine rings is 2. The molecule has 0 aliphatic rings. The Bertz CT molecular complexity index is 1730. The largest absolute Gasteiger partial charge is 0.382 e. The Balaban J connectivity index is 0.000000222. The third-order valence-electron chi connectivity index (χ3n) is 5.97. The number of rotatable bonds is 3. The second-order valence-electron chi connectivity index (χ2n) is 8.19. The molecule has 0 saturated carbocycles. The lowest BCUT2D eigenvalue weighted by Crippen LogP contribution is -2.22. The van der Waals surface area contributed by atoms with Crippen molar-refractivity contribution in [2.24, 2.45) is 0 Å². The number of nitrogen functional groups attached to an aromatic ring is 1. The highest BCUT2D eigenvalue weighted by Crippen LogP contribution is 2.29. The van der Waals surface area contributed by atoms with Gasteiger partial charge in [-0.25, -0.2) is 15.0 Å². The van der Waals surface area contributed by atoms with Crippen molar-refractivity contribution in [3.05, 3.63) is 107 Å². The first kappa shape index (κ1) is 23.3. The van der Waals surface area contributed by atoms with Crippen LogP contribution in [0.25, 0.3) is 37.9 Å². The molecule has 0 aliphatic heterocycles. The lowest BCUT2D eigenvalue weighted by atomic mass is 9.96. The Kier molecular flexibility index (Phi) is 6.51. The Morgan fingerprint density at radius 2 is 1.81 bits per heavy atom. The van der Waals surface area contributed by atoms with Crippen LogP contribution in [0.5, 0.6) is 0 Å². The molecule has 0 aliphatic carbocycles. The third-order valence-corrected chi connectivity index (χ3v) is 6.71. The van der Waals surface area contributed by atoms with Crippen LogP contribution in [0.15, 0.2) is 89.7 Å². The van der Waals surface area contributed by atoms with Gasteiger partial charge >= 0.3 is 0 Å². The lowest BCUT2D eigenvalue weighted by Gasteiger charge is -2.16. The van der Waals surface area contributed by atoms with Gasteiger partial charge in [-0.3, -0.25) is 14.3 Å². The van der Waals surface area contributed by atoms with Gasteiger partial charge in [-0.1, -0.05) is 43.3 Å². The highest BCUT2D eigenvalue weighted by molar-refractivity contribution is 7.16. The summed E-state index contributed by atoms with van der Waals surface area (Å²) in [5.74, 6) is 0.450. The number of aromatic nitrogens is 5. The summed E-state index contributed by atoms with van der Waals surface area (Å²) >= 11 is 1.46. The quantitative estimate of drug-likeness (QED) is 0.346. The molecule has 6 aromatic rings. The second kappa shape index (κ2) is 10.1. The summed E-state index contributed by atoms with van der Waals surface area (Å²) < 4.78 is 1.84. The molecule has 178 valence electrons. The summed E-state index contributed by atoms with van der Waals surface area (Å²) in [6.45, 7) is 4.11. The molecule has 7 nitrogen and oxygen atoms in total. The third kappa shape index (κ3) is 4.34. The molecule has 8 heteroatoms. The summed E-state index contributed by atoms with van der Waals surface area (Å²) in [6.07, 6.45) is 5.84. The van der Waals surface area contributed by atoms with Gasteiger partial charge in [0, 0.05) is 23.8 Å². The van der Waals surface area contributed by atoms with E-state index in [0.717, 1.165) is 50.1 Å². The predicted octanol–water partition coefficient (Wildman–Crippen LogP) is 5.59.